The lowest BCUT2D eigenvalue weighted by atomic mass is 9.79. The van der Waals surface area contributed by atoms with Gasteiger partial charge < -0.3 is 0 Å². The molecule has 5 heteroatoms. The summed E-state index contributed by atoms with van der Waals surface area (Å²) in [4.78, 5) is 0. The molecule has 0 amide bonds. The molecular formula is C15H17Cl3N2. The zero-order valence-corrected chi connectivity index (χ0v) is 13.8. The van der Waals surface area contributed by atoms with Crippen LogP contribution >= 0.6 is 34.8 Å². The molecule has 1 aromatic heterocycles. The molecule has 0 saturated carbocycles. The first-order chi connectivity index (χ1) is 9.54. The van der Waals surface area contributed by atoms with E-state index in [-0.39, 0.29) is 5.41 Å². The van der Waals surface area contributed by atoms with Crippen molar-refractivity contribution in [2.75, 3.05) is 11.8 Å². The molecule has 0 bridgehead atoms. The zero-order valence-electron chi connectivity index (χ0n) is 11.5. The van der Waals surface area contributed by atoms with Gasteiger partial charge in [0.2, 0.25) is 0 Å². The summed E-state index contributed by atoms with van der Waals surface area (Å²) in [5.74, 6) is 0.871. The van der Waals surface area contributed by atoms with Crippen molar-refractivity contribution in [2.45, 2.75) is 18.8 Å². The van der Waals surface area contributed by atoms with Crippen LogP contribution in [0.4, 0.5) is 0 Å². The molecule has 0 fully saturated rings. The molecule has 0 unspecified atom stereocenters. The van der Waals surface area contributed by atoms with Gasteiger partial charge in [-0.1, -0.05) is 41.9 Å². The Morgan fingerprint density at radius 1 is 1.15 bits per heavy atom. The highest BCUT2D eigenvalue weighted by atomic mass is 35.5. The predicted molar refractivity (Wildman–Crippen MR) is 86.2 cm³/mol. The van der Waals surface area contributed by atoms with E-state index >= 15 is 0 Å². The van der Waals surface area contributed by atoms with Crippen LogP contribution in [0.3, 0.4) is 0 Å². The highest BCUT2D eigenvalue weighted by molar-refractivity contribution is 6.30. The van der Waals surface area contributed by atoms with E-state index in [1.807, 2.05) is 32.2 Å². The van der Waals surface area contributed by atoms with Gasteiger partial charge in [0.05, 0.1) is 5.69 Å². The van der Waals surface area contributed by atoms with Gasteiger partial charge in [-0.3, -0.25) is 4.68 Å². The number of alkyl halides is 2. The summed E-state index contributed by atoms with van der Waals surface area (Å²) in [6.07, 6.45) is 0.683. The Morgan fingerprint density at radius 2 is 1.75 bits per heavy atom. The maximum absolute atomic E-state index is 6.34. The van der Waals surface area contributed by atoms with E-state index in [1.165, 1.54) is 0 Å². The van der Waals surface area contributed by atoms with Crippen molar-refractivity contribution in [1.82, 2.24) is 9.78 Å². The highest BCUT2D eigenvalue weighted by Gasteiger charge is 2.33. The van der Waals surface area contributed by atoms with Crippen LogP contribution < -0.4 is 0 Å². The largest absolute Gasteiger partial charge is 0.257 e. The van der Waals surface area contributed by atoms with E-state index in [1.54, 1.807) is 4.68 Å². The second kappa shape index (κ2) is 6.38. The van der Waals surface area contributed by atoms with E-state index < -0.39 is 0 Å². The molecule has 1 aromatic carbocycles. The lowest BCUT2D eigenvalue weighted by molar-refractivity contribution is 0.535. The van der Waals surface area contributed by atoms with Crippen molar-refractivity contribution in [3.63, 3.8) is 0 Å². The minimum Gasteiger partial charge on any atom is -0.257 e. The van der Waals surface area contributed by atoms with E-state index in [0.29, 0.717) is 23.3 Å². The van der Waals surface area contributed by atoms with Gasteiger partial charge in [0.25, 0.3) is 0 Å². The Morgan fingerprint density at radius 3 is 2.20 bits per heavy atom. The summed E-state index contributed by atoms with van der Waals surface area (Å²) in [5.41, 5.74) is 2.73. The maximum atomic E-state index is 6.34. The van der Waals surface area contributed by atoms with E-state index in [9.17, 15) is 0 Å². The topological polar surface area (TPSA) is 17.8 Å². The van der Waals surface area contributed by atoms with Gasteiger partial charge >= 0.3 is 0 Å². The van der Waals surface area contributed by atoms with E-state index in [2.05, 4.69) is 17.2 Å². The van der Waals surface area contributed by atoms with Crippen molar-refractivity contribution >= 4 is 34.8 Å². The fourth-order valence-electron chi connectivity index (χ4n) is 2.39. The minimum absolute atomic E-state index is 0.332. The summed E-state index contributed by atoms with van der Waals surface area (Å²) >= 11 is 18.9. The van der Waals surface area contributed by atoms with Gasteiger partial charge in [-0.05, 0) is 18.9 Å². The normalized spacial score (nSPS) is 11.8. The third kappa shape index (κ3) is 2.83. The first kappa shape index (κ1) is 15.7. The molecule has 0 N–H and O–H groups in total. The van der Waals surface area contributed by atoms with E-state index in [0.717, 1.165) is 16.8 Å². The molecular weight excluding hydrogens is 315 g/mol. The predicted octanol–water partition coefficient (Wildman–Crippen LogP) is 4.34. The molecule has 1 heterocycles. The lowest BCUT2D eigenvalue weighted by Gasteiger charge is -2.30. The van der Waals surface area contributed by atoms with Gasteiger partial charge in [-0.2, -0.15) is 5.10 Å². The highest BCUT2D eigenvalue weighted by Crippen LogP contribution is 2.34. The molecule has 0 radical (unpaired) electrons. The van der Waals surface area contributed by atoms with Crippen LogP contribution in [-0.2, 0) is 18.9 Å². The van der Waals surface area contributed by atoms with Gasteiger partial charge in [0, 0.05) is 29.8 Å². The van der Waals surface area contributed by atoms with Crippen LogP contribution in [0.1, 0.15) is 16.8 Å². The zero-order chi connectivity index (χ0) is 14.8. The van der Waals surface area contributed by atoms with Gasteiger partial charge in [0.15, 0.2) is 0 Å². The third-order valence-corrected chi connectivity index (χ3v) is 5.18. The molecule has 20 heavy (non-hydrogen) atoms. The number of benzene rings is 1. The summed E-state index contributed by atoms with van der Waals surface area (Å²) < 4.78 is 1.68. The average Bonchev–Trinajstić information content (AvgIpc) is 2.71. The monoisotopic (exact) mass is 330 g/mol. The van der Waals surface area contributed by atoms with Crippen molar-refractivity contribution in [1.29, 1.82) is 0 Å². The Kier molecular flexibility index (Phi) is 5.00. The first-order valence-electron chi connectivity index (χ1n) is 6.39. The van der Waals surface area contributed by atoms with Crippen molar-refractivity contribution in [3.8, 4) is 0 Å². The average molecular weight is 332 g/mol. The first-order valence-corrected chi connectivity index (χ1v) is 7.84. The third-order valence-electron chi connectivity index (χ3n) is 3.68. The number of aromatic nitrogens is 2. The number of hydrogen-bond acceptors (Lipinski definition) is 1. The van der Waals surface area contributed by atoms with Crippen molar-refractivity contribution in [2.24, 2.45) is 7.05 Å². The molecule has 0 saturated heterocycles. The number of nitrogens with zero attached hydrogens (tertiary/aromatic N) is 2. The fourth-order valence-corrected chi connectivity index (χ4v) is 3.42. The van der Waals surface area contributed by atoms with Crippen LogP contribution in [0.15, 0.2) is 30.3 Å². The summed E-state index contributed by atoms with van der Waals surface area (Å²) in [5, 5.41) is 5.01. The van der Waals surface area contributed by atoms with Crippen LogP contribution in [0.2, 0.25) is 5.15 Å². The molecule has 0 aliphatic rings. The molecule has 0 aliphatic heterocycles. The van der Waals surface area contributed by atoms with E-state index in [4.69, 9.17) is 34.8 Å². The molecule has 0 spiro atoms. The Balaban J connectivity index is 2.45. The second-order valence-electron chi connectivity index (χ2n) is 5.07. The lowest BCUT2D eigenvalue weighted by Crippen LogP contribution is -2.33. The number of halogens is 3. The molecule has 2 rings (SSSR count). The standard InChI is InChI=1S/C15H17Cl3N2/c1-11-13(14(18)20(2)19-11)8-15(9-16,10-17)12-6-4-3-5-7-12/h3-7H,8-10H2,1-2H3. The van der Waals surface area contributed by atoms with Crippen LogP contribution in [0.5, 0.6) is 0 Å². The molecule has 2 aromatic rings. The Labute approximate surface area is 134 Å². The smallest absolute Gasteiger partial charge is 0.130 e. The van der Waals surface area contributed by atoms with Gasteiger partial charge in [-0.25, -0.2) is 0 Å². The summed E-state index contributed by atoms with van der Waals surface area (Å²) in [6, 6.07) is 10.1. The SMILES string of the molecule is Cc1nn(C)c(Cl)c1CC(CCl)(CCl)c1ccccc1. The van der Waals surface area contributed by atoms with Crippen LogP contribution in [-0.4, -0.2) is 21.5 Å². The Hall–Kier alpha value is -0.700. The van der Waals surface area contributed by atoms with Gasteiger partial charge in [-0.15, -0.1) is 23.2 Å². The molecule has 108 valence electrons. The van der Waals surface area contributed by atoms with Gasteiger partial charge in [0.1, 0.15) is 5.15 Å². The number of hydrogen-bond donors (Lipinski definition) is 0. The van der Waals surface area contributed by atoms with Crippen molar-refractivity contribution in [3.05, 3.63) is 52.3 Å². The summed E-state index contributed by atoms with van der Waals surface area (Å²) in [7, 11) is 1.84. The minimum atomic E-state index is -0.332. The van der Waals surface area contributed by atoms with Crippen LogP contribution in [0.25, 0.3) is 0 Å². The van der Waals surface area contributed by atoms with Crippen molar-refractivity contribution < 1.29 is 0 Å². The molecule has 0 atom stereocenters. The van der Waals surface area contributed by atoms with Crippen LogP contribution in [0, 0.1) is 6.92 Å². The molecule has 0 aliphatic carbocycles. The fraction of sp³-hybridized carbons (Fsp3) is 0.400. The molecule has 2 nitrogen and oxygen atoms in total. The maximum Gasteiger partial charge on any atom is 0.130 e. The quantitative estimate of drug-likeness (QED) is 0.745. The second-order valence-corrected chi connectivity index (χ2v) is 5.96. The number of rotatable bonds is 5. The summed E-state index contributed by atoms with van der Waals surface area (Å²) in [6.45, 7) is 1.96. The Bertz CT molecular complexity index is 574. The number of aryl methyl sites for hydroxylation is 2.